The van der Waals surface area contributed by atoms with E-state index in [1.807, 2.05) is 10.9 Å². The second kappa shape index (κ2) is 8.74. The maximum absolute atomic E-state index is 13.8. The van der Waals surface area contributed by atoms with Crippen molar-refractivity contribution in [2.75, 3.05) is 24.5 Å². The fraction of sp³-hybridized carbons (Fsp3) is 0.484. The molecule has 8 nitrogen and oxygen atoms in total. The van der Waals surface area contributed by atoms with Crippen LogP contribution in [0.1, 0.15) is 80.7 Å². The predicted molar refractivity (Wildman–Crippen MR) is 149 cm³/mol. The van der Waals surface area contributed by atoms with Crippen LogP contribution in [-0.4, -0.2) is 58.1 Å². The third-order valence-corrected chi connectivity index (χ3v) is 9.15. The summed E-state index contributed by atoms with van der Waals surface area (Å²) in [5, 5.41) is 7.25. The van der Waals surface area contributed by atoms with Gasteiger partial charge in [0.2, 0.25) is 11.8 Å². The van der Waals surface area contributed by atoms with Gasteiger partial charge in [0.15, 0.2) is 0 Å². The Hall–Kier alpha value is -3.52. The zero-order chi connectivity index (χ0) is 31.3. The lowest BCUT2D eigenvalue weighted by Crippen LogP contribution is -2.53. The van der Waals surface area contributed by atoms with Gasteiger partial charge in [-0.3, -0.25) is 29.3 Å². The normalized spacial score (nSPS) is 25.7. The average molecular weight is 531 g/mol. The minimum atomic E-state index is -1.11. The van der Waals surface area contributed by atoms with Gasteiger partial charge in [0, 0.05) is 49.6 Å². The van der Waals surface area contributed by atoms with Crippen LogP contribution in [0, 0.1) is 5.41 Å². The van der Waals surface area contributed by atoms with Crippen LogP contribution >= 0.6 is 0 Å². The maximum atomic E-state index is 13.8. The van der Waals surface area contributed by atoms with Gasteiger partial charge < -0.3 is 4.90 Å². The number of aromatic nitrogens is 2. The van der Waals surface area contributed by atoms with Crippen LogP contribution in [0.3, 0.4) is 0 Å². The summed E-state index contributed by atoms with van der Waals surface area (Å²) in [5.41, 5.74) is 1.22. The number of anilines is 1. The van der Waals surface area contributed by atoms with E-state index in [-0.39, 0.29) is 65.0 Å². The molecular formula is C31H35N5O3. The molecule has 1 atom stereocenters. The van der Waals surface area contributed by atoms with Crippen LogP contribution in [-0.2, 0) is 21.5 Å². The average Bonchev–Trinajstić information content (AvgIpc) is 3.37. The first-order chi connectivity index (χ1) is 20.8. The Bertz CT molecular complexity index is 1780. The van der Waals surface area contributed by atoms with Crippen LogP contribution in [0.25, 0.3) is 10.8 Å². The molecule has 1 aromatic heterocycles. The van der Waals surface area contributed by atoms with Crippen molar-refractivity contribution < 1.29 is 21.2 Å². The standard InChI is InChI=1S/C31H35N5O3/c1-30(10-11-30)19-34-14-12-31(2,13-15-34)35-18-20(17-32-35)16-21-6-7-24-27-22(21)4-3-5-23(27)29(39)36(24)25-8-9-26(37)33-28(25)38/h3-7,17-18,25H,8-16,19H2,1-2H3,(H,33,37,38)/i3D,4D,5D,6D,7D. The molecule has 1 aliphatic carbocycles. The SMILES string of the molecule is [2H]c1c([2H])c2c3c(c([2H])c([2H])c(Cc4cnn(C5(C)CCN(CC6(C)CC6)CC5)c4)c3c1[2H])N(C1CCC(=O)NC1=O)C2=O. The van der Waals surface area contributed by atoms with E-state index in [4.69, 9.17) is 12.0 Å². The molecule has 3 aromatic rings. The van der Waals surface area contributed by atoms with Crippen LogP contribution in [0.5, 0.6) is 0 Å². The molecule has 0 spiro atoms. The molecule has 4 heterocycles. The Morgan fingerprint density at radius 2 is 1.87 bits per heavy atom. The van der Waals surface area contributed by atoms with Crippen LogP contribution in [0.15, 0.2) is 42.6 Å². The predicted octanol–water partition coefficient (Wildman–Crippen LogP) is 4.00. The minimum Gasteiger partial charge on any atom is -0.303 e. The lowest BCUT2D eigenvalue weighted by molar-refractivity contribution is -0.134. The molecule has 4 aliphatic rings. The van der Waals surface area contributed by atoms with Gasteiger partial charge in [0.25, 0.3) is 5.91 Å². The second-order valence-electron chi connectivity index (χ2n) is 12.3. The molecule has 7 rings (SSSR count). The number of carbonyl (C=O) groups is 3. The largest absolute Gasteiger partial charge is 0.303 e. The fourth-order valence-electron chi connectivity index (χ4n) is 6.33. The number of carbonyl (C=O) groups excluding carboxylic acids is 3. The Labute approximate surface area is 235 Å². The van der Waals surface area contributed by atoms with Gasteiger partial charge in [0.05, 0.1) is 24.3 Å². The first-order valence-corrected chi connectivity index (χ1v) is 13.8. The maximum Gasteiger partial charge on any atom is 0.259 e. The molecule has 3 aliphatic heterocycles. The van der Waals surface area contributed by atoms with Crippen molar-refractivity contribution in [1.82, 2.24) is 20.0 Å². The van der Waals surface area contributed by atoms with Gasteiger partial charge >= 0.3 is 0 Å². The van der Waals surface area contributed by atoms with E-state index >= 15 is 0 Å². The Morgan fingerprint density at radius 1 is 1.08 bits per heavy atom. The summed E-state index contributed by atoms with van der Waals surface area (Å²) < 4.78 is 45.8. The van der Waals surface area contributed by atoms with Gasteiger partial charge in [0.1, 0.15) is 6.04 Å². The van der Waals surface area contributed by atoms with Crippen LogP contribution in [0.4, 0.5) is 5.69 Å². The summed E-state index contributed by atoms with van der Waals surface area (Å²) in [7, 11) is 0. The molecule has 3 amide bonds. The second-order valence-corrected chi connectivity index (χ2v) is 12.3. The summed E-state index contributed by atoms with van der Waals surface area (Å²) in [6.07, 6.45) is 8.37. The lowest BCUT2D eigenvalue weighted by Gasteiger charge is -2.40. The van der Waals surface area contributed by atoms with Crippen LogP contribution in [0.2, 0.25) is 0 Å². The smallest absolute Gasteiger partial charge is 0.259 e. The summed E-state index contributed by atoms with van der Waals surface area (Å²) in [4.78, 5) is 42.0. The number of likely N-dealkylation sites (tertiary alicyclic amines) is 1. The van der Waals surface area contributed by atoms with Crippen molar-refractivity contribution in [2.24, 2.45) is 5.41 Å². The van der Waals surface area contributed by atoms with E-state index in [1.54, 1.807) is 6.20 Å². The topological polar surface area (TPSA) is 87.5 Å². The lowest BCUT2D eigenvalue weighted by atomic mass is 9.89. The molecular weight excluding hydrogens is 490 g/mol. The van der Waals surface area contributed by atoms with Crippen LogP contribution < -0.4 is 10.2 Å². The van der Waals surface area contributed by atoms with Crippen molar-refractivity contribution in [1.29, 1.82) is 0 Å². The first kappa shape index (κ1) is 19.5. The van der Waals surface area contributed by atoms with E-state index in [0.29, 0.717) is 11.0 Å². The van der Waals surface area contributed by atoms with E-state index in [9.17, 15) is 14.4 Å². The van der Waals surface area contributed by atoms with Crippen molar-refractivity contribution in [2.45, 2.75) is 70.4 Å². The molecule has 2 aromatic carbocycles. The third kappa shape index (κ3) is 4.16. The van der Waals surface area contributed by atoms with Crippen molar-refractivity contribution in [3.8, 4) is 0 Å². The number of nitrogens with zero attached hydrogens (tertiary/aromatic N) is 4. The molecule has 8 heteroatoms. The highest BCUT2D eigenvalue weighted by atomic mass is 16.2. The highest BCUT2D eigenvalue weighted by Crippen LogP contribution is 2.46. The molecule has 202 valence electrons. The molecule has 0 radical (unpaired) electrons. The van der Waals surface area contributed by atoms with E-state index < -0.39 is 35.8 Å². The van der Waals surface area contributed by atoms with Crippen molar-refractivity contribution in [3.05, 3.63) is 59.3 Å². The molecule has 3 fully saturated rings. The zero-order valence-electron chi connectivity index (χ0n) is 27.3. The summed E-state index contributed by atoms with van der Waals surface area (Å²) in [6.45, 7) is 7.68. The molecule has 1 unspecified atom stereocenters. The van der Waals surface area contributed by atoms with Gasteiger partial charge in [-0.05, 0) is 73.0 Å². The number of hydrogen-bond donors (Lipinski definition) is 1. The van der Waals surface area contributed by atoms with Gasteiger partial charge in [-0.15, -0.1) is 0 Å². The van der Waals surface area contributed by atoms with Crippen molar-refractivity contribution in [3.63, 3.8) is 0 Å². The summed E-state index contributed by atoms with van der Waals surface area (Å²) >= 11 is 0. The number of imide groups is 1. The highest BCUT2D eigenvalue weighted by Gasteiger charge is 2.42. The molecule has 2 saturated heterocycles. The van der Waals surface area contributed by atoms with Gasteiger partial charge in [-0.1, -0.05) is 25.1 Å². The quantitative estimate of drug-likeness (QED) is 0.487. The first-order valence-electron chi connectivity index (χ1n) is 16.3. The molecule has 39 heavy (non-hydrogen) atoms. The van der Waals surface area contributed by atoms with E-state index in [0.717, 1.165) is 42.9 Å². The number of piperidine rings is 2. The number of benzene rings is 2. The highest BCUT2D eigenvalue weighted by molar-refractivity contribution is 6.27. The number of rotatable bonds is 6. The summed E-state index contributed by atoms with van der Waals surface area (Å²) in [5.74, 6) is -1.88. The number of amides is 3. The monoisotopic (exact) mass is 530 g/mol. The molecule has 1 N–H and O–H groups in total. The third-order valence-electron chi connectivity index (χ3n) is 9.15. The van der Waals surface area contributed by atoms with Gasteiger partial charge in [-0.25, -0.2) is 0 Å². The molecule has 1 saturated carbocycles. The number of hydrogen-bond acceptors (Lipinski definition) is 5. The summed E-state index contributed by atoms with van der Waals surface area (Å²) in [6, 6.07) is -2.81. The Balaban J connectivity index is 1.26. The molecule has 0 bridgehead atoms. The van der Waals surface area contributed by atoms with Crippen molar-refractivity contribution >= 4 is 34.2 Å². The minimum absolute atomic E-state index is 0.000265. The fourth-order valence-corrected chi connectivity index (χ4v) is 6.33. The number of nitrogens with one attached hydrogen (secondary N) is 1. The van der Waals surface area contributed by atoms with Gasteiger partial charge in [-0.2, -0.15) is 5.10 Å². The van der Waals surface area contributed by atoms with E-state index in [2.05, 4.69) is 24.1 Å². The Morgan fingerprint density at radius 3 is 2.62 bits per heavy atom. The van der Waals surface area contributed by atoms with E-state index in [1.165, 1.54) is 12.8 Å². The Kier molecular flexibility index (Phi) is 4.38. The zero-order valence-corrected chi connectivity index (χ0v) is 22.3.